The number of methoxy groups -OCH3 is 1. The molecule has 1 atom stereocenters. The molecule has 20 heavy (non-hydrogen) atoms. The number of sulfonamides is 1. The minimum absolute atomic E-state index is 0.0171. The predicted molar refractivity (Wildman–Crippen MR) is 74.4 cm³/mol. The molecular formula is C12H15NO5S2. The van der Waals surface area contributed by atoms with Crippen LogP contribution in [0, 0.1) is 12.3 Å². The van der Waals surface area contributed by atoms with Crippen LogP contribution in [0.15, 0.2) is 34.1 Å². The lowest BCUT2D eigenvalue weighted by Gasteiger charge is -2.14. The van der Waals surface area contributed by atoms with Gasteiger partial charge in [-0.2, -0.15) is 4.72 Å². The molecule has 0 radical (unpaired) electrons. The highest BCUT2D eigenvalue weighted by Crippen LogP contribution is 2.20. The Balaban J connectivity index is 3.28. The number of hydrogen-bond acceptors (Lipinski definition) is 5. The summed E-state index contributed by atoms with van der Waals surface area (Å²) in [6.45, 7) is -0.0171. The molecule has 1 unspecified atom stereocenters. The van der Waals surface area contributed by atoms with Crippen molar-refractivity contribution < 1.29 is 21.6 Å². The monoisotopic (exact) mass is 317 g/mol. The van der Waals surface area contributed by atoms with Crippen molar-refractivity contribution in [2.75, 3.05) is 20.0 Å². The quantitative estimate of drug-likeness (QED) is 0.747. The molecule has 0 fully saturated rings. The van der Waals surface area contributed by atoms with Gasteiger partial charge in [-0.05, 0) is 12.1 Å². The summed E-state index contributed by atoms with van der Waals surface area (Å²) in [5, 5.41) is 0. The van der Waals surface area contributed by atoms with Crippen LogP contribution >= 0.6 is 0 Å². The van der Waals surface area contributed by atoms with Crippen molar-refractivity contribution in [1.29, 1.82) is 0 Å². The molecule has 0 saturated carbocycles. The average Bonchev–Trinajstić information content (AvgIpc) is 2.37. The standard InChI is InChI=1S/C12H15NO5S2/c1-4-10(9-18-2)13-20(16,17)12-8-6-5-7-11(12)19(3,14)15/h1,5-8,10,13H,9H2,2-3H3. The average molecular weight is 317 g/mol. The number of nitrogens with one attached hydrogen (secondary N) is 1. The molecular weight excluding hydrogens is 302 g/mol. The van der Waals surface area contributed by atoms with E-state index in [1.165, 1.54) is 31.4 Å². The molecule has 110 valence electrons. The zero-order chi connectivity index (χ0) is 15.4. The highest BCUT2D eigenvalue weighted by atomic mass is 32.2. The third-order valence-electron chi connectivity index (χ3n) is 2.37. The summed E-state index contributed by atoms with van der Waals surface area (Å²) in [5.74, 6) is 2.22. The maximum absolute atomic E-state index is 12.2. The van der Waals surface area contributed by atoms with Gasteiger partial charge in [-0.15, -0.1) is 6.42 Å². The maximum Gasteiger partial charge on any atom is 0.243 e. The lowest BCUT2D eigenvalue weighted by molar-refractivity contribution is 0.190. The van der Waals surface area contributed by atoms with Crippen molar-refractivity contribution in [3.8, 4) is 12.3 Å². The van der Waals surface area contributed by atoms with Crippen molar-refractivity contribution in [3.05, 3.63) is 24.3 Å². The van der Waals surface area contributed by atoms with E-state index in [0.717, 1.165) is 6.26 Å². The first-order valence-electron chi connectivity index (χ1n) is 5.49. The van der Waals surface area contributed by atoms with Crippen LogP contribution in [-0.4, -0.2) is 42.8 Å². The van der Waals surface area contributed by atoms with Gasteiger partial charge in [0.25, 0.3) is 0 Å². The Kier molecular flexibility index (Phi) is 5.30. The third kappa shape index (κ3) is 4.05. The second-order valence-corrected chi connectivity index (χ2v) is 7.68. The zero-order valence-corrected chi connectivity index (χ0v) is 12.7. The van der Waals surface area contributed by atoms with Crippen LogP contribution < -0.4 is 4.72 Å². The van der Waals surface area contributed by atoms with E-state index in [4.69, 9.17) is 11.2 Å². The Hall–Kier alpha value is -1.40. The van der Waals surface area contributed by atoms with Crippen LogP contribution in [0.3, 0.4) is 0 Å². The van der Waals surface area contributed by atoms with Gasteiger partial charge in [0.1, 0.15) is 10.9 Å². The summed E-state index contributed by atoms with van der Waals surface area (Å²) < 4.78 is 54.7. The molecule has 0 saturated heterocycles. The molecule has 1 N–H and O–H groups in total. The first-order valence-corrected chi connectivity index (χ1v) is 8.86. The number of terminal acetylenes is 1. The molecule has 0 aliphatic carbocycles. The molecule has 0 aliphatic rings. The molecule has 1 aromatic rings. The number of rotatable bonds is 6. The van der Waals surface area contributed by atoms with E-state index in [1.54, 1.807) is 0 Å². The van der Waals surface area contributed by atoms with Crippen LogP contribution in [0.2, 0.25) is 0 Å². The molecule has 0 aromatic heterocycles. The van der Waals surface area contributed by atoms with Crippen molar-refractivity contribution in [1.82, 2.24) is 4.72 Å². The Bertz CT molecular complexity index is 716. The van der Waals surface area contributed by atoms with Crippen LogP contribution in [0.4, 0.5) is 0 Å². The largest absolute Gasteiger partial charge is 0.382 e. The molecule has 0 spiro atoms. The molecule has 1 rings (SSSR count). The minimum atomic E-state index is -4.06. The molecule has 0 aliphatic heterocycles. The Labute approximate surface area is 119 Å². The van der Waals surface area contributed by atoms with Gasteiger partial charge in [0.15, 0.2) is 9.84 Å². The first-order chi connectivity index (χ1) is 9.22. The smallest absolute Gasteiger partial charge is 0.243 e. The maximum atomic E-state index is 12.2. The molecule has 0 bridgehead atoms. The summed E-state index contributed by atoms with van der Waals surface area (Å²) in [5.41, 5.74) is 0. The van der Waals surface area contributed by atoms with E-state index in [0.29, 0.717) is 0 Å². The van der Waals surface area contributed by atoms with Gasteiger partial charge >= 0.3 is 0 Å². The van der Waals surface area contributed by atoms with Crippen molar-refractivity contribution in [2.45, 2.75) is 15.8 Å². The summed E-state index contributed by atoms with van der Waals surface area (Å²) in [6, 6.07) is 4.44. The summed E-state index contributed by atoms with van der Waals surface area (Å²) in [7, 11) is -6.35. The van der Waals surface area contributed by atoms with E-state index in [9.17, 15) is 16.8 Å². The van der Waals surface area contributed by atoms with E-state index in [2.05, 4.69) is 10.6 Å². The topological polar surface area (TPSA) is 89.5 Å². The number of hydrogen-bond donors (Lipinski definition) is 1. The fourth-order valence-electron chi connectivity index (χ4n) is 1.51. The molecule has 0 heterocycles. The highest BCUT2D eigenvalue weighted by Gasteiger charge is 2.25. The molecule has 6 nitrogen and oxygen atoms in total. The SMILES string of the molecule is C#CC(COC)NS(=O)(=O)c1ccccc1S(C)(=O)=O. The second-order valence-electron chi connectivity index (χ2n) is 4.01. The second kappa shape index (κ2) is 6.37. The van der Waals surface area contributed by atoms with Crippen molar-refractivity contribution >= 4 is 19.9 Å². The normalized spacial score (nSPS) is 13.7. The molecule has 1 aromatic carbocycles. The molecule has 0 amide bonds. The predicted octanol–water partition coefficient (Wildman–Crippen LogP) is 0.0166. The summed E-state index contributed by atoms with van der Waals surface area (Å²) >= 11 is 0. The Morgan fingerprint density at radius 1 is 1.25 bits per heavy atom. The van der Waals surface area contributed by atoms with Crippen molar-refractivity contribution in [3.63, 3.8) is 0 Å². The molecule has 8 heteroatoms. The zero-order valence-electron chi connectivity index (χ0n) is 11.0. The van der Waals surface area contributed by atoms with Crippen LogP contribution in [0.5, 0.6) is 0 Å². The van der Waals surface area contributed by atoms with E-state index < -0.39 is 25.9 Å². The Morgan fingerprint density at radius 2 is 1.80 bits per heavy atom. The van der Waals surface area contributed by atoms with Gasteiger partial charge in [-0.1, -0.05) is 18.1 Å². The van der Waals surface area contributed by atoms with Crippen LogP contribution in [0.25, 0.3) is 0 Å². The first kappa shape index (κ1) is 16.7. The number of ether oxygens (including phenoxy) is 1. The van der Waals surface area contributed by atoms with Gasteiger partial charge in [0.2, 0.25) is 10.0 Å². The Morgan fingerprint density at radius 3 is 2.25 bits per heavy atom. The number of sulfone groups is 1. The van der Waals surface area contributed by atoms with Gasteiger partial charge in [0.05, 0.1) is 11.5 Å². The van der Waals surface area contributed by atoms with Gasteiger partial charge in [-0.25, -0.2) is 16.8 Å². The van der Waals surface area contributed by atoms with Gasteiger partial charge in [-0.3, -0.25) is 0 Å². The summed E-state index contributed by atoms with van der Waals surface area (Å²) in [6.07, 6.45) is 6.13. The van der Waals surface area contributed by atoms with Gasteiger partial charge < -0.3 is 4.74 Å². The van der Waals surface area contributed by atoms with Crippen LogP contribution in [0.1, 0.15) is 0 Å². The van der Waals surface area contributed by atoms with E-state index >= 15 is 0 Å². The lowest BCUT2D eigenvalue weighted by atomic mass is 10.4. The third-order valence-corrected chi connectivity index (χ3v) is 5.18. The fourth-order valence-corrected chi connectivity index (χ4v) is 4.28. The minimum Gasteiger partial charge on any atom is -0.382 e. The summed E-state index contributed by atoms with van der Waals surface area (Å²) in [4.78, 5) is -0.612. The fraction of sp³-hybridized carbons (Fsp3) is 0.333. The van der Waals surface area contributed by atoms with E-state index in [-0.39, 0.29) is 16.4 Å². The number of benzene rings is 1. The highest BCUT2D eigenvalue weighted by molar-refractivity contribution is 7.93. The van der Waals surface area contributed by atoms with Gasteiger partial charge in [0, 0.05) is 13.4 Å². The van der Waals surface area contributed by atoms with Crippen LogP contribution in [-0.2, 0) is 24.6 Å². The lowest BCUT2D eigenvalue weighted by Crippen LogP contribution is -2.37. The van der Waals surface area contributed by atoms with E-state index in [1.807, 2.05) is 0 Å². The van der Waals surface area contributed by atoms with Crippen molar-refractivity contribution in [2.24, 2.45) is 0 Å².